The fourth-order valence-electron chi connectivity index (χ4n) is 2.81. The van der Waals surface area contributed by atoms with Crippen molar-refractivity contribution in [3.8, 4) is 0 Å². The Labute approximate surface area is 120 Å². The Morgan fingerprint density at radius 2 is 2.05 bits per heavy atom. The minimum absolute atomic E-state index is 0.384. The van der Waals surface area contributed by atoms with Gasteiger partial charge in [0, 0.05) is 38.8 Å². The van der Waals surface area contributed by atoms with E-state index in [2.05, 4.69) is 37.9 Å². The van der Waals surface area contributed by atoms with Crippen molar-refractivity contribution < 1.29 is 4.74 Å². The summed E-state index contributed by atoms with van der Waals surface area (Å²) >= 11 is 0. The predicted molar refractivity (Wildman–Crippen MR) is 82.6 cm³/mol. The van der Waals surface area contributed by atoms with E-state index in [4.69, 9.17) is 4.74 Å². The third-order valence-electron chi connectivity index (χ3n) is 4.02. The van der Waals surface area contributed by atoms with Crippen molar-refractivity contribution in [2.75, 3.05) is 33.4 Å². The van der Waals surface area contributed by atoms with Crippen LogP contribution in [0.3, 0.4) is 0 Å². The van der Waals surface area contributed by atoms with Crippen LogP contribution in [-0.2, 0) is 4.74 Å². The van der Waals surface area contributed by atoms with Gasteiger partial charge in [-0.15, -0.1) is 0 Å². The molecule has 0 aromatic heterocycles. The van der Waals surface area contributed by atoms with Crippen LogP contribution in [0.5, 0.6) is 0 Å². The minimum Gasteiger partial charge on any atom is -0.383 e. The molecule has 0 radical (unpaired) electrons. The summed E-state index contributed by atoms with van der Waals surface area (Å²) in [7, 11) is 1.80. The maximum atomic E-state index is 5.27. The van der Waals surface area contributed by atoms with Gasteiger partial charge in [-0.3, -0.25) is 4.90 Å². The minimum atomic E-state index is 0.384. The number of hydrogen-bond donors (Lipinski definition) is 1. The van der Waals surface area contributed by atoms with E-state index >= 15 is 0 Å². The summed E-state index contributed by atoms with van der Waals surface area (Å²) in [5, 5.41) is 3.63. The smallest absolute Gasteiger partial charge is 0.0589 e. The zero-order valence-electron chi connectivity index (χ0n) is 13.7. The molecule has 0 aliphatic heterocycles. The van der Waals surface area contributed by atoms with Crippen LogP contribution in [0.4, 0.5) is 0 Å². The first kappa shape index (κ1) is 16.9. The lowest BCUT2D eigenvalue weighted by Crippen LogP contribution is -2.45. The highest BCUT2D eigenvalue weighted by Crippen LogP contribution is 2.32. The number of rotatable bonds is 11. The Balaban J connectivity index is 2.52. The highest BCUT2D eigenvalue weighted by atomic mass is 16.5. The van der Waals surface area contributed by atoms with Crippen molar-refractivity contribution in [2.45, 2.75) is 65.5 Å². The molecule has 19 heavy (non-hydrogen) atoms. The van der Waals surface area contributed by atoms with Crippen molar-refractivity contribution in [3.63, 3.8) is 0 Å². The van der Waals surface area contributed by atoms with Gasteiger partial charge in [0.05, 0.1) is 6.61 Å². The molecule has 0 bridgehead atoms. The van der Waals surface area contributed by atoms with Crippen LogP contribution in [0.2, 0.25) is 0 Å². The molecular weight excluding hydrogens is 236 g/mol. The SMILES string of the molecule is CCCC(C)(CNC(C)C)CN(CCOC)C1CC1. The molecule has 0 amide bonds. The Bertz CT molecular complexity index is 241. The summed E-state index contributed by atoms with van der Waals surface area (Å²) in [4.78, 5) is 2.65. The first-order chi connectivity index (χ1) is 9.00. The summed E-state index contributed by atoms with van der Waals surface area (Å²) in [6.45, 7) is 13.5. The Morgan fingerprint density at radius 1 is 1.37 bits per heavy atom. The quantitative estimate of drug-likeness (QED) is 0.625. The summed E-state index contributed by atoms with van der Waals surface area (Å²) < 4.78 is 5.27. The molecule has 0 aromatic carbocycles. The van der Waals surface area contributed by atoms with Crippen LogP contribution in [0.1, 0.15) is 53.4 Å². The fraction of sp³-hybridized carbons (Fsp3) is 1.00. The normalized spacial score (nSPS) is 19.1. The second-order valence-corrected chi connectivity index (χ2v) is 6.79. The van der Waals surface area contributed by atoms with E-state index in [1.165, 1.54) is 32.2 Å². The molecule has 1 fully saturated rings. The number of nitrogens with one attached hydrogen (secondary N) is 1. The van der Waals surface area contributed by atoms with Crippen molar-refractivity contribution in [1.82, 2.24) is 10.2 Å². The standard InChI is InChI=1S/C16H34N2O/c1-6-9-16(4,12-17-14(2)3)13-18(10-11-19-5)15-7-8-15/h14-15,17H,6-13H2,1-5H3. The second-order valence-electron chi connectivity index (χ2n) is 6.79. The van der Waals surface area contributed by atoms with Gasteiger partial charge in [0.1, 0.15) is 0 Å². The van der Waals surface area contributed by atoms with Gasteiger partial charge in [-0.05, 0) is 24.7 Å². The van der Waals surface area contributed by atoms with E-state index in [-0.39, 0.29) is 0 Å². The lowest BCUT2D eigenvalue weighted by atomic mass is 9.84. The van der Waals surface area contributed by atoms with E-state index in [1.54, 1.807) is 7.11 Å². The van der Waals surface area contributed by atoms with Crippen molar-refractivity contribution in [1.29, 1.82) is 0 Å². The molecule has 3 nitrogen and oxygen atoms in total. The van der Waals surface area contributed by atoms with Gasteiger partial charge < -0.3 is 10.1 Å². The topological polar surface area (TPSA) is 24.5 Å². The third-order valence-corrected chi connectivity index (χ3v) is 4.02. The lowest BCUT2D eigenvalue weighted by Gasteiger charge is -2.36. The number of methoxy groups -OCH3 is 1. The third kappa shape index (κ3) is 6.73. The molecule has 0 saturated heterocycles. The highest BCUT2D eigenvalue weighted by Gasteiger charge is 2.34. The van der Waals surface area contributed by atoms with Crippen molar-refractivity contribution in [2.24, 2.45) is 5.41 Å². The van der Waals surface area contributed by atoms with Crippen molar-refractivity contribution >= 4 is 0 Å². The molecule has 1 aliphatic rings. The molecule has 1 aliphatic carbocycles. The van der Waals surface area contributed by atoms with Gasteiger partial charge in [0.15, 0.2) is 0 Å². The maximum Gasteiger partial charge on any atom is 0.0589 e. The van der Waals surface area contributed by atoms with E-state index < -0.39 is 0 Å². The zero-order valence-corrected chi connectivity index (χ0v) is 13.7. The van der Waals surface area contributed by atoms with Gasteiger partial charge in [-0.25, -0.2) is 0 Å². The predicted octanol–water partition coefficient (Wildman–Crippen LogP) is 2.90. The largest absolute Gasteiger partial charge is 0.383 e. The van der Waals surface area contributed by atoms with Crippen LogP contribution < -0.4 is 5.32 Å². The Kier molecular flexibility index (Phi) is 7.33. The van der Waals surface area contributed by atoms with E-state index in [9.17, 15) is 0 Å². The molecular formula is C16H34N2O. The second kappa shape index (κ2) is 8.23. The lowest BCUT2D eigenvalue weighted by molar-refractivity contribution is 0.0996. The van der Waals surface area contributed by atoms with Gasteiger partial charge in [0.2, 0.25) is 0 Å². The van der Waals surface area contributed by atoms with Gasteiger partial charge in [-0.1, -0.05) is 34.1 Å². The average molecular weight is 270 g/mol. The summed E-state index contributed by atoms with van der Waals surface area (Å²) in [5.41, 5.74) is 0.384. The molecule has 1 N–H and O–H groups in total. The number of nitrogens with zero attached hydrogens (tertiary/aromatic N) is 1. The molecule has 114 valence electrons. The van der Waals surface area contributed by atoms with E-state index in [0.717, 1.165) is 25.7 Å². The Hall–Kier alpha value is -0.120. The first-order valence-corrected chi connectivity index (χ1v) is 7.97. The monoisotopic (exact) mass is 270 g/mol. The molecule has 0 heterocycles. The molecule has 1 unspecified atom stereocenters. The summed E-state index contributed by atoms with van der Waals surface area (Å²) in [6.07, 6.45) is 5.31. The van der Waals surface area contributed by atoms with Gasteiger partial charge in [0.25, 0.3) is 0 Å². The van der Waals surface area contributed by atoms with Crippen LogP contribution in [0, 0.1) is 5.41 Å². The van der Waals surface area contributed by atoms with Gasteiger partial charge in [-0.2, -0.15) is 0 Å². The van der Waals surface area contributed by atoms with Crippen LogP contribution >= 0.6 is 0 Å². The van der Waals surface area contributed by atoms with Crippen LogP contribution in [-0.4, -0.2) is 50.3 Å². The fourth-order valence-corrected chi connectivity index (χ4v) is 2.81. The molecule has 3 heteroatoms. The molecule has 1 atom stereocenters. The van der Waals surface area contributed by atoms with Crippen molar-refractivity contribution in [3.05, 3.63) is 0 Å². The van der Waals surface area contributed by atoms with E-state index in [0.29, 0.717) is 11.5 Å². The molecule has 0 aromatic rings. The number of hydrogen-bond acceptors (Lipinski definition) is 3. The average Bonchev–Trinajstić information content (AvgIpc) is 3.17. The molecule has 1 rings (SSSR count). The Morgan fingerprint density at radius 3 is 2.53 bits per heavy atom. The van der Waals surface area contributed by atoms with E-state index in [1.807, 2.05) is 0 Å². The number of ether oxygens (including phenoxy) is 1. The first-order valence-electron chi connectivity index (χ1n) is 7.97. The summed E-state index contributed by atoms with van der Waals surface area (Å²) in [6, 6.07) is 1.40. The van der Waals surface area contributed by atoms with Crippen LogP contribution in [0.25, 0.3) is 0 Å². The summed E-state index contributed by atoms with van der Waals surface area (Å²) in [5.74, 6) is 0. The highest BCUT2D eigenvalue weighted by molar-refractivity contribution is 4.89. The van der Waals surface area contributed by atoms with Crippen LogP contribution in [0.15, 0.2) is 0 Å². The zero-order chi connectivity index (χ0) is 14.3. The maximum absolute atomic E-state index is 5.27. The molecule has 1 saturated carbocycles. The molecule has 0 spiro atoms. The van der Waals surface area contributed by atoms with Gasteiger partial charge >= 0.3 is 0 Å².